The fraction of sp³-hybridized carbons (Fsp3) is 1.00. The van der Waals surface area contributed by atoms with E-state index in [1.807, 2.05) is 11.8 Å². The first-order valence-corrected chi connectivity index (χ1v) is 7.21. The van der Waals surface area contributed by atoms with Gasteiger partial charge in [0.2, 0.25) is 0 Å². The number of nitrogens with one attached hydrogen (secondary N) is 1. The second-order valence-electron chi connectivity index (χ2n) is 3.55. The van der Waals surface area contributed by atoms with E-state index in [-0.39, 0.29) is 17.5 Å². The Bertz CT molecular complexity index is 169. The minimum absolute atomic E-state index is 0.0536. The highest BCUT2D eigenvalue weighted by Gasteiger charge is 2.27. The normalized spacial score (nSPS) is 19.4. The molecule has 0 bridgehead atoms. The minimum atomic E-state index is -4.08. The van der Waals surface area contributed by atoms with Crippen LogP contribution in [0.15, 0.2) is 0 Å². The molecule has 1 saturated heterocycles. The highest BCUT2D eigenvalue weighted by Crippen LogP contribution is 2.29. The molecule has 1 aliphatic heterocycles. The van der Waals surface area contributed by atoms with E-state index in [2.05, 4.69) is 5.32 Å². The summed E-state index contributed by atoms with van der Waals surface area (Å²) in [5.41, 5.74) is -4.08. The summed E-state index contributed by atoms with van der Waals surface area (Å²) >= 11 is 2.02. The third-order valence-corrected chi connectivity index (χ3v) is 4.10. The molecule has 0 saturated carbocycles. The van der Waals surface area contributed by atoms with Crippen LogP contribution < -0.4 is 5.32 Å². The van der Waals surface area contributed by atoms with E-state index in [9.17, 15) is 13.2 Å². The summed E-state index contributed by atoms with van der Waals surface area (Å²) in [6.45, 7) is 1.33. The van der Waals surface area contributed by atoms with Gasteiger partial charge in [-0.2, -0.15) is 24.9 Å². The molecule has 1 fully saturated rings. The average Bonchev–Trinajstić information content (AvgIpc) is 2.17. The maximum atomic E-state index is 11.8. The molecule has 0 amide bonds. The van der Waals surface area contributed by atoms with E-state index < -0.39 is 5.51 Å². The van der Waals surface area contributed by atoms with Crippen molar-refractivity contribution in [1.29, 1.82) is 0 Å². The van der Waals surface area contributed by atoms with Gasteiger partial charge in [0.05, 0.1) is 0 Å². The molecule has 15 heavy (non-hydrogen) atoms. The molecule has 0 aromatic heterocycles. The van der Waals surface area contributed by atoms with Gasteiger partial charge in [0.15, 0.2) is 0 Å². The molecule has 0 aromatic rings. The molecule has 1 aliphatic rings. The fourth-order valence-corrected chi connectivity index (χ4v) is 3.18. The molecular formula is C9H16F3NS2. The third kappa shape index (κ3) is 7.36. The first-order valence-electron chi connectivity index (χ1n) is 5.07. The number of hydrogen-bond acceptors (Lipinski definition) is 3. The molecule has 0 aromatic carbocycles. The molecule has 1 nitrogen and oxygen atoms in total. The van der Waals surface area contributed by atoms with Crippen LogP contribution in [-0.2, 0) is 0 Å². The number of halogens is 3. The summed E-state index contributed by atoms with van der Waals surface area (Å²) in [6, 6.07) is 0. The maximum absolute atomic E-state index is 11.8. The van der Waals surface area contributed by atoms with Gasteiger partial charge >= 0.3 is 5.51 Å². The summed E-state index contributed by atoms with van der Waals surface area (Å²) in [6.07, 6.45) is 2.40. The monoisotopic (exact) mass is 259 g/mol. The Labute approximate surface area is 96.9 Å². The highest BCUT2D eigenvalue weighted by atomic mass is 32.2. The Balaban J connectivity index is 1.92. The van der Waals surface area contributed by atoms with Crippen LogP contribution in [0.25, 0.3) is 0 Å². The van der Waals surface area contributed by atoms with Crippen molar-refractivity contribution in [2.45, 2.75) is 18.3 Å². The first kappa shape index (κ1) is 13.5. The zero-order chi connectivity index (χ0) is 11.1. The van der Waals surface area contributed by atoms with Crippen molar-refractivity contribution in [3.05, 3.63) is 0 Å². The molecule has 0 aliphatic carbocycles. The van der Waals surface area contributed by atoms with Gasteiger partial charge in [0.25, 0.3) is 0 Å². The van der Waals surface area contributed by atoms with Crippen LogP contribution >= 0.6 is 23.5 Å². The van der Waals surface area contributed by atoms with Crippen molar-refractivity contribution >= 4 is 23.5 Å². The lowest BCUT2D eigenvalue weighted by molar-refractivity contribution is -0.0327. The van der Waals surface area contributed by atoms with Gasteiger partial charge in [-0.25, -0.2) is 0 Å². The van der Waals surface area contributed by atoms with Gasteiger partial charge in [-0.15, -0.1) is 0 Å². The van der Waals surface area contributed by atoms with E-state index >= 15 is 0 Å². The van der Waals surface area contributed by atoms with Crippen LogP contribution in [0.1, 0.15) is 12.8 Å². The number of thioether (sulfide) groups is 2. The third-order valence-electron chi connectivity index (χ3n) is 2.32. The van der Waals surface area contributed by atoms with Gasteiger partial charge in [-0.3, -0.25) is 0 Å². The van der Waals surface area contributed by atoms with Crippen molar-refractivity contribution in [2.75, 3.05) is 30.3 Å². The predicted molar refractivity (Wildman–Crippen MR) is 61.4 cm³/mol. The minimum Gasteiger partial charge on any atom is -0.316 e. The first-order chi connectivity index (χ1) is 7.08. The Hall–Kier alpha value is 0.450. The lowest BCUT2D eigenvalue weighted by atomic mass is 10.0. The van der Waals surface area contributed by atoms with Crippen molar-refractivity contribution < 1.29 is 13.2 Å². The van der Waals surface area contributed by atoms with Crippen molar-refractivity contribution in [2.24, 2.45) is 5.92 Å². The van der Waals surface area contributed by atoms with Crippen molar-refractivity contribution in [3.63, 3.8) is 0 Å². The standard InChI is InChI=1S/C9H16F3NS2/c10-9(11,12)15-6-3-13-7-8-1-4-14-5-2-8/h8,13H,1-7H2. The molecule has 0 unspecified atom stereocenters. The second kappa shape index (κ2) is 6.91. The van der Waals surface area contributed by atoms with Crippen LogP contribution in [0.5, 0.6) is 0 Å². The molecule has 0 atom stereocenters. The topological polar surface area (TPSA) is 12.0 Å². The zero-order valence-corrected chi connectivity index (χ0v) is 10.1. The van der Waals surface area contributed by atoms with E-state index in [1.165, 1.54) is 24.3 Å². The Morgan fingerprint density at radius 2 is 1.93 bits per heavy atom. The molecular weight excluding hydrogens is 243 g/mol. The van der Waals surface area contributed by atoms with Gasteiger partial charge in [0.1, 0.15) is 0 Å². The van der Waals surface area contributed by atoms with E-state index in [1.54, 1.807) is 0 Å². The largest absolute Gasteiger partial charge is 0.441 e. The van der Waals surface area contributed by atoms with Crippen LogP contribution in [0.4, 0.5) is 13.2 Å². The molecule has 6 heteroatoms. The molecule has 90 valence electrons. The molecule has 1 N–H and O–H groups in total. The maximum Gasteiger partial charge on any atom is 0.441 e. The smallest absolute Gasteiger partial charge is 0.316 e. The van der Waals surface area contributed by atoms with Gasteiger partial charge in [0, 0.05) is 12.3 Å². The van der Waals surface area contributed by atoms with Gasteiger partial charge in [-0.1, -0.05) is 0 Å². The van der Waals surface area contributed by atoms with Crippen molar-refractivity contribution in [1.82, 2.24) is 5.32 Å². The van der Waals surface area contributed by atoms with Gasteiger partial charge < -0.3 is 5.32 Å². The molecule has 0 radical (unpaired) electrons. The van der Waals surface area contributed by atoms with Crippen LogP contribution in [0, 0.1) is 5.92 Å². The van der Waals surface area contributed by atoms with Gasteiger partial charge in [-0.05, 0) is 48.6 Å². The summed E-state index contributed by atoms with van der Waals surface area (Å²) < 4.78 is 35.3. The van der Waals surface area contributed by atoms with Crippen LogP contribution in [0.2, 0.25) is 0 Å². The Morgan fingerprint density at radius 3 is 2.53 bits per heavy atom. The van der Waals surface area contributed by atoms with Crippen LogP contribution in [-0.4, -0.2) is 35.9 Å². The van der Waals surface area contributed by atoms with E-state index in [0.717, 1.165) is 6.54 Å². The lowest BCUT2D eigenvalue weighted by Crippen LogP contribution is -2.27. The Morgan fingerprint density at radius 1 is 1.27 bits per heavy atom. The number of hydrogen-bond donors (Lipinski definition) is 1. The average molecular weight is 259 g/mol. The quantitative estimate of drug-likeness (QED) is 0.762. The predicted octanol–water partition coefficient (Wildman–Crippen LogP) is 2.97. The number of rotatable bonds is 5. The SMILES string of the molecule is FC(F)(F)SCCNCC1CCSCC1. The van der Waals surface area contributed by atoms with E-state index in [0.29, 0.717) is 12.5 Å². The van der Waals surface area contributed by atoms with Crippen molar-refractivity contribution in [3.8, 4) is 0 Å². The number of alkyl halides is 3. The molecule has 1 rings (SSSR count). The molecule has 0 spiro atoms. The highest BCUT2D eigenvalue weighted by molar-refractivity contribution is 8.00. The Kier molecular flexibility index (Phi) is 6.23. The fourth-order valence-electron chi connectivity index (χ4n) is 1.50. The second-order valence-corrected chi connectivity index (χ2v) is 5.94. The zero-order valence-electron chi connectivity index (χ0n) is 8.48. The summed E-state index contributed by atoms with van der Waals surface area (Å²) in [5, 5.41) is 3.10. The summed E-state index contributed by atoms with van der Waals surface area (Å²) in [7, 11) is 0. The summed E-state index contributed by atoms with van der Waals surface area (Å²) in [5.74, 6) is 3.18. The van der Waals surface area contributed by atoms with Crippen LogP contribution in [0.3, 0.4) is 0 Å². The molecule has 1 heterocycles. The lowest BCUT2D eigenvalue weighted by Gasteiger charge is -2.21. The summed E-state index contributed by atoms with van der Waals surface area (Å²) in [4.78, 5) is 0. The van der Waals surface area contributed by atoms with E-state index in [4.69, 9.17) is 0 Å².